The highest BCUT2D eigenvalue weighted by atomic mass is 32.1. The third kappa shape index (κ3) is 3.69. The van der Waals surface area contributed by atoms with Crippen molar-refractivity contribution in [2.45, 2.75) is 6.36 Å². The van der Waals surface area contributed by atoms with Gasteiger partial charge in [0.25, 0.3) is 0 Å². The van der Waals surface area contributed by atoms with E-state index in [2.05, 4.69) is 21.9 Å². The fourth-order valence-electron chi connectivity index (χ4n) is 0.859. The molecule has 76 valence electrons. The van der Waals surface area contributed by atoms with Gasteiger partial charge in [0.15, 0.2) is 0 Å². The maximum Gasteiger partial charge on any atom is 0.573 e. The van der Waals surface area contributed by atoms with E-state index < -0.39 is 6.36 Å². The predicted molar refractivity (Wildman–Crippen MR) is 49.7 cm³/mol. The van der Waals surface area contributed by atoms with Crippen LogP contribution in [0.5, 0.6) is 5.75 Å². The van der Waals surface area contributed by atoms with Crippen molar-refractivity contribution in [3.05, 3.63) is 29.8 Å². The topological polar surface area (TPSA) is 21.6 Å². The monoisotopic (exact) mass is 221 g/mol. The van der Waals surface area contributed by atoms with Crippen molar-refractivity contribution in [1.29, 1.82) is 0 Å². The van der Waals surface area contributed by atoms with E-state index >= 15 is 0 Å². The molecule has 0 radical (unpaired) electrons. The first kappa shape index (κ1) is 10.9. The lowest BCUT2D eigenvalue weighted by molar-refractivity contribution is -0.274. The van der Waals surface area contributed by atoms with Gasteiger partial charge >= 0.3 is 6.36 Å². The zero-order chi connectivity index (χ0) is 10.6. The number of hydrogen-bond acceptors (Lipinski definition) is 3. The zero-order valence-electron chi connectivity index (χ0n) is 6.82. The highest BCUT2D eigenvalue weighted by Crippen LogP contribution is 2.22. The molecule has 0 bridgehead atoms. The smallest absolute Gasteiger partial charge is 0.406 e. The Morgan fingerprint density at radius 1 is 1.36 bits per heavy atom. The summed E-state index contributed by atoms with van der Waals surface area (Å²) in [6.45, 7) is 0. The molecular weight excluding hydrogens is 215 g/mol. The van der Waals surface area contributed by atoms with Gasteiger partial charge in [-0.15, -0.1) is 13.2 Å². The van der Waals surface area contributed by atoms with Crippen LogP contribution in [0.3, 0.4) is 0 Å². The largest absolute Gasteiger partial charge is 0.573 e. The van der Waals surface area contributed by atoms with E-state index in [1.807, 2.05) is 0 Å². The minimum atomic E-state index is -4.67. The molecule has 2 nitrogen and oxygen atoms in total. The molecule has 0 saturated heterocycles. The first-order valence-electron chi connectivity index (χ1n) is 3.54. The second-order valence-electron chi connectivity index (χ2n) is 2.36. The van der Waals surface area contributed by atoms with Gasteiger partial charge in [0.05, 0.1) is 0 Å². The van der Waals surface area contributed by atoms with E-state index in [4.69, 9.17) is 0 Å². The lowest BCUT2D eigenvalue weighted by atomic mass is 10.2. The molecular formula is C8H6F3NOS. The van der Waals surface area contributed by atoms with Crippen molar-refractivity contribution in [3.63, 3.8) is 0 Å². The number of ether oxygens (including phenoxy) is 1. The average molecular weight is 221 g/mol. The van der Waals surface area contributed by atoms with Crippen LogP contribution in [0.2, 0.25) is 0 Å². The molecule has 0 atom stereocenters. The third-order valence-electron chi connectivity index (χ3n) is 1.30. The van der Waals surface area contributed by atoms with Crippen molar-refractivity contribution in [2.24, 2.45) is 4.40 Å². The molecule has 1 aromatic carbocycles. The summed E-state index contributed by atoms with van der Waals surface area (Å²) in [4.78, 5) is 0. The van der Waals surface area contributed by atoms with E-state index in [-0.39, 0.29) is 5.75 Å². The first-order valence-corrected chi connectivity index (χ1v) is 3.94. The number of thiol groups is 1. The van der Waals surface area contributed by atoms with Gasteiger partial charge in [-0.1, -0.05) is 12.1 Å². The number of benzene rings is 1. The van der Waals surface area contributed by atoms with Gasteiger partial charge in [-0.25, -0.2) is 4.40 Å². The predicted octanol–water partition coefficient (Wildman–Crippen LogP) is 2.85. The van der Waals surface area contributed by atoms with Crippen LogP contribution in [0.15, 0.2) is 28.7 Å². The minimum Gasteiger partial charge on any atom is -0.406 e. The lowest BCUT2D eigenvalue weighted by Gasteiger charge is -2.08. The summed E-state index contributed by atoms with van der Waals surface area (Å²) in [5, 5.41) is 0. The molecule has 0 unspecified atom stereocenters. The first-order chi connectivity index (χ1) is 6.51. The van der Waals surface area contributed by atoms with Crippen LogP contribution in [0.4, 0.5) is 13.2 Å². The van der Waals surface area contributed by atoms with Crippen molar-refractivity contribution >= 4 is 19.0 Å². The molecule has 0 amide bonds. The number of alkyl halides is 3. The number of rotatable bonds is 2. The van der Waals surface area contributed by atoms with E-state index in [0.29, 0.717) is 5.56 Å². The van der Waals surface area contributed by atoms with Gasteiger partial charge in [0.1, 0.15) is 5.75 Å². The van der Waals surface area contributed by atoms with E-state index in [9.17, 15) is 13.2 Å². The van der Waals surface area contributed by atoms with E-state index in [0.717, 1.165) is 0 Å². The Labute approximate surface area is 84.0 Å². The van der Waals surface area contributed by atoms with Crippen molar-refractivity contribution in [2.75, 3.05) is 0 Å². The SMILES string of the molecule is FC(F)(F)Oc1cccc(/C=N/S)c1. The Bertz CT molecular complexity index is 338. The van der Waals surface area contributed by atoms with E-state index in [1.54, 1.807) is 6.07 Å². The number of halogens is 3. The quantitative estimate of drug-likeness (QED) is 0.601. The van der Waals surface area contributed by atoms with Crippen LogP contribution in [-0.4, -0.2) is 12.6 Å². The summed E-state index contributed by atoms with van der Waals surface area (Å²) in [6, 6.07) is 5.45. The average Bonchev–Trinajstić information content (AvgIpc) is 2.02. The molecule has 0 aromatic heterocycles. The van der Waals surface area contributed by atoms with Gasteiger partial charge < -0.3 is 4.74 Å². The normalized spacial score (nSPS) is 12.0. The van der Waals surface area contributed by atoms with Crippen LogP contribution in [0, 0.1) is 0 Å². The summed E-state index contributed by atoms with van der Waals surface area (Å²) in [5.41, 5.74) is 0.488. The minimum absolute atomic E-state index is 0.275. The molecule has 14 heavy (non-hydrogen) atoms. The molecule has 0 N–H and O–H groups in total. The molecule has 0 fully saturated rings. The summed E-state index contributed by atoms with van der Waals surface area (Å²) < 4.78 is 42.4. The molecule has 0 spiro atoms. The van der Waals surface area contributed by atoms with Gasteiger partial charge in [-0.3, -0.25) is 0 Å². The maximum absolute atomic E-state index is 11.8. The Hall–Kier alpha value is -1.17. The number of hydrogen-bond donors (Lipinski definition) is 1. The molecule has 6 heteroatoms. The van der Waals surface area contributed by atoms with Crippen LogP contribution < -0.4 is 4.74 Å². The third-order valence-corrected chi connectivity index (χ3v) is 1.41. The maximum atomic E-state index is 11.8. The fraction of sp³-hybridized carbons (Fsp3) is 0.125. The number of nitrogens with zero attached hydrogens (tertiary/aromatic N) is 1. The fourth-order valence-corrected chi connectivity index (χ4v) is 0.992. The summed E-state index contributed by atoms with van der Waals surface area (Å²) in [6.07, 6.45) is -3.36. The van der Waals surface area contributed by atoms with Crippen LogP contribution in [-0.2, 0) is 0 Å². The van der Waals surface area contributed by atoms with Crippen molar-refractivity contribution in [3.8, 4) is 5.75 Å². The molecule has 0 aliphatic heterocycles. The van der Waals surface area contributed by atoms with Gasteiger partial charge in [-0.05, 0) is 30.5 Å². The summed E-state index contributed by atoms with van der Waals surface area (Å²) in [7, 11) is 0. The summed E-state index contributed by atoms with van der Waals surface area (Å²) >= 11 is 3.56. The highest BCUT2D eigenvalue weighted by Gasteiger charge is 2.30. The van der Waals surface area contributed by atoms with Gasteiger partial charge in [0.2, 0.25) is 0 Å². The van der Waals surface area contributed by atoms with Gasteiger partial charge in [0, 0.05) is 6.21 Å². The standard InChI is InChI=1S/C8H6F3NOS/c9-8(10,11)13-7-3-1-2-6(4-7)5-12-14/h1-5,14H/b12-5+. The van der Waals surface area contributed by atoms with Crippen molar-refractivity contribution < 1.29 is 17.9 Å². The Kier molecular flexibility index (Phi) is 3.40. The summed E-state index contributed by atoms with van der Waals surface area (Å²) in [5.74, 6) is -0.275. The molecule has 0 heterocycles. The lowest BCUT2D eigenvalue weighted by Crippen LogP contribution is -2.17. The zero-order valence-corrected chi connectivity index (χ0v) is 7.72. The Balaban J connectivity index is 2.84. The van der Waals surface area contributed by atoms with Crippen LogP contribution >= 0.6 is 12.8 Å². The second-order valence-corrected chi connectivity index (χ2v) is 2.60. The molecule has 1 aromatic rings. The molecule has 0 saturated carbocycles. The second kappa shape index (κ2) is 4.36. The van der Waals surface area contributed by atoms with Crippen LogP contribution in [0.1, 0.15) is 5.56 Å². The Morgan fingerprint density at radius 3 is 2.64 bits per heavy atom. The molecule has 1 rings (SSSR count). The van der Waals surface area contributed by atoms with Crippen molar-refractivity contribution in [1.82, 2.24) is 0 Å². The van der Waals surface area contributed by atoms with Gasteiger partial charge in [-0.2, -0.15) is 0 Å². The molecule has 0 aliphatic carbocycles. The van der Waals surface area contributed by atoms with E-state index in [1.165, 1.54) is 24.4 Å². The van der Waals surface area contributed by atoms with Crippen LogP contribution in [0.25, 0.3) is 0 Å². The Morgan fingerprint density at radius 2 is 2.07 bits per heavy atom. The molecule has 0 aliphatic rings. The highest BCUT2D eigenvalue weighted by molar-refractivity contribution is 7.78.